The summed E-state index contributed by atoms with van der Waals surface area (Å²) in [5.74, 6) is -0.447. The van der Waals surface area contributed by atoms with E-state index in [4.69, 9.17) is 0 Å². The highest BCUT2D eigenvalue weighted by Crippen LogP contribution is 2.20. The first-order valence-corrected chi connectivity index (χ1v) is 9.80. The average molecular weight is 431 g/mol. The van der Waals surface area contributed by atoms with Gasteiger partial charge in [0.05, 0.1) is 16.8 Å². The number of anilines is 1. The van der Waals surface area contributed by atoms with Crippen LogP contribution >= 0.6 is 15.9 Å². The Morgan fingerprint density at radius 2 is 1.63 bits per heavy atom. The zero-order valence-electron chi connectivity index (χ0n) is 15.0. The molecule has 0 bridgehead atoms. The Labute approximate surface area is 167 Å². The van der Waals surface area contributed by atoms with Crippen molar-refractivity contribution in [1.29, 1.82) is 0 Å². The van der Waals surface area contributed by atoms with Crippen LogP contribution in [0.1, 0.15) is 20.7 Å². The fourth-order valence-electron chi connectivity index (χ4n) is 2.98. The minimum Gasteiger partial charge on any atom is -0.351 e. The van der Waals surface area contributed by atoms with Gasteiger partial charge in [-0.15, -0.1) is 0 Å². The van der Waals surface area contributed by atoms with E-state index in [2.05, 4.69) is 36.8 Å². The number of rotatable bonds is 6. The molecule has 1 heterocycles. The Kier molecular flexibility index (Phi) is 6.98. The highest BCUT2D eigenvalue weighted by molar-refractivity contribution is 9.10. The summed E-state index contributed by atoms with van der Waals surface area (Å²) in [7, 11) is 0. The third kappa shape index (κ3) is 5.38. The zero-order chi connectivity index (χ0) is 19.1. The Balaban J connectivity index is 1.62. The van der Waals surface area contributed by atoms with Crippen molar-refractivity contribution in [2.75, 3.05) is 44.6 Å². The van der Waals surface area contributed by atoms with Crippen LogP contribution in [-0.2, 0) is 0 Å². The number of carbonyl (C=O) groups is 2. The lowest BCUT2D eigenvalue weighted by atomic mass is 10.1. The number of para-hydroxylation sites is 1. The molecule has 2 aromatic carbocycles. The Morgan fingerprint density at radius 1 is 0.963 bits per heavy atom. The predicted molar refractivity (Wildman–Crippen MR) is 110 cm³/mol. The van der Waals surface area contributed by atoms with Crippen LogP contribution in [0.25, 0.3) is 0 Å². The van der Waals surface area contributed by atoms with Crippen LogP contribution in [0.2, 0.25) is 0 Å². The van der Waals surface area contributed by atoms with Crippen LogP contribution in [0.3, 0.4) is 0 Å². The highest BCUT2D eigenvalue weighted by atomic mass is 79.9. The number of piperazine rings is 1. The number of nitrogens with zero attached hydrogens (tertiary/aromatic N) is 1. The molecule has 7 heteroatoms. The van der Waals surface area contributed by atoms with Crippen molar-refractivity contribution in [1.82, 2.24) is 15.5 Å². The SMILES string of the molecule is O=C(Nc1ccccc1C(=O)NCCN1CCNCC1)c1ccccc1Br. The van der Waals surface area contributed by atoms with Gasteiger partial charge in [-0.2, -0.15) is 0 Å². The molecular weight excluding hydrogens is 408 g/mol. The van der Waals surface area contributed by atoms with Crippen molar-refractivity contribution in [2.24, 2.45) is 0 Å². The van der Waals surface area contributed by atoms with Crippen LogP contribution in [0.5, 0.6) is 0 Å². The van der Waals surface area contributed by atoms with Crippen LogP contribution in [0, 0.1) is 0 Å². The van der Waals surface area contributed by atoms with Crippen molar-refractivity contribution in [3.05, 3.63) is 64.1 Å². The number of carbonyl (C=O) groups excluding carboxylic acids is 2. The third-order valence-electron chi connectivity index (χ3n) is 4.46. The maximum Gasteiger partial charge on any atom is 0.256 e. The molecule has 1 saturated heterocycles. The van der Waals surface area contributed by atoms with E-state index in [1.165, 1.54) is 0 Å². The fraction of sp³-hybridized carbons (Fsp3) is 0.300. The van der Waals surface area contributed by atoms with Gasteiger partial charge in [-0.25, -0.2) is 0 Å². The summed E-state index contributed by atoms with van der Waals surface area (Å²) in [5.41, 5.74) is 1.47. The summed E-state index contributed by atoms with van der Waals surface area (Å²) in [6, 6.07) is 14.2. The van der Waals surface area contributed by atoms with Crippen molar-refractivity contribution in [3.63, 3.8) is 0 Å². The summed E-state index contributed by atoms with van der Waals surface area (Å²) in [5, 5.41) is 9.10. The van der Waals surface area contributed by atoms with Gasteiger partial charge in [-0.1, -0.05) is 24.3 Å². The van der Waals surface area contributed by atoms with E-state index in [0.29, 0.717) is 27.8 Å². The molecule has 2 aromatic rings. The monoisotopic (exact) mass is 430 g/mol. The van der Waals surface area contributed by atoms with Gasteiger partial charge in [-0.3, -0.25) is 14.5 Å². The van der Waals surface area contributed by atoms with Gasteiger partial charge in [0.25, 0.3) is 11.8 Å². The van der Waals surface area contributed by atoms with E-state index in [-0.39, 0.29) is 11.8 Å². The van der Waals surface area contributed by atoms with E-state index < -0.39 is 0 Å². The third-order valence-corrected chi connectivity index (χ3v) is 5.15. The van der Waals surface area contributed by atoms with Gasteiger partial charge in [0, 0.05) is 43.7 Å². The fourth-order valence-corrected chi connectivity index (χ4v) is 3.45. The smallest absolute Gasteiger partial charge is 0.256 e. The first kappa shape index (κ1) is 19.5. The molecule has 0 aliphatic carbocycles. The number of nitrogens with one attached hydrogen (secondary N) is 3. The van der Waals surface area contributed by atoms with Crippen LogP contribution in [0.15, 0.2) is 53.0 Å². The molecule has 2 amide bonds. The average Bonchev–Trinajstić information content (AvgIpc) is 2.69. The summed E-state index contributed by atoms with van der Waals surface area (Å²) < 4.78 is 0.709. The maximum atomic E-state index is 12.6. The molecule has 6 nitrogen and oxygen atoms in total. The van der Waals surface area contributed by atoms with E-state index in [1.54, 1.807) is 36.4 Å². The Morgan fingerprint density at radius 3 is 2.37 bits per heavy atom. The molecule has 0 atom stereocenters. The number of benzene rings is 2. The molecule has 1 aliphatic rings. The summed E-state index contributed by atoms with van der Waals surface area (Å²) in [6.45, 7) is 5.35. The van der Waals surface area contributed by atoms with Gasteiger partial charge in [0.2, 0.25) is 0 Å². The summed E-state index contributed by atoms with van der Waals surface area (Å²) in [6.07, 6.45) is 0. The first-order chi connectivity index (χ1) is 13.1. The molecule has 1 fully saturated rings. The molecule has 1 aliphatic heterocycles. The lowest BCUT2D eigenvalue weighted by Gasteiger charge is -2.27. The standard InChI is InChI=1S/C20H23BrN4O2/c21-17-7-3-1-5-15(17)20(27)24-18-8-4-2-6-16(18)19(26)23-11-14-25-12-9-22-10-13-25/h1-8,22H,9-14H2,(H,23,26)(H,24,27). The van der Waals surface area contributed by atoms with Gasteiger partial charge < -0.3 is 16.0 Å². The number of hydrogen-bond donors (Lipinski definition) is 3. The van der Waals surface area contributed by atoms with Gasteiger partial charge in [-0.05, 0) is 40.2 Å². The Hall–Kier alpha value is -2.22. The minimum atomic E-state index is -0.261. The molecule has 0 radical (unpaired) electrons. The predicted octanol–water partition coefficient (Wildman–Crippen LogP) is 2.34. The maximum absolute atomic E-state index is 12.6. The van der Waals surface area contributed by atoms with Gasteiger partial charge in [0.1, 0.15) is 0 Å². The van der Waals surface area contributed by atoms with Gasteiger partial charge >= 0.3 is 0 Å². The molecule has 0 spiro atoms. The molecule has 3 N–H and O–H groups in total. The topological polar surface area (TPSA) is 73.5 Å². The number of hydrogen-bond acceptors (Lipinski definition) is 4. The Bertz CT molecular complexity index is 806. The quantitative estimate of drug-likeness (QED) is 0.657. The lowest BCUT2D eigenvalue weighted by Crippen LogP contribution is -2.46. The summed E-state index contributed by atoms with van der Waals surface area (Å²) in [4.78, 5) is 27.5. The minimum absolute atomic E-state index is 0.187. The van der Waals surface area contributed by atoms with Crippen molar-refractivity contribution >= 4 is 33.4 Å². The second-order valence-corrected chi connectivity index (χ2v) is 7.18. The first-order valence-electron chi connectivity index (χ1n) is 9.01. The van der Waals surface area contributed by atoms with E-state index >= 15 is 0 Å². The van der Waals surface area contributed by atoms with E-state index in [1.807, 2.05) is 12.1 Å². The zero-order valence-corrected chi connectivity index (χ0v) is 16.6. The molecule has 142 valence electrons. The van der Waals surface area contributed by atoms with E-state index in [0.717, 1.165) is 32.7 Å². The highest BCUT2D eigenvalue weighted by Gasteiger charge is 2.16. The van der Waals surface area contributed by atoms with Crippen molar-refractivity contribution in [2.45, 2.75) is 0 Å². The largest absolute Gasteiger partial charge is 0.351 e. The van der Waals surface area contributed by atoms with Crippen LogP contribution in [0.4, 0.5) is 5.69 Å². The number of halogens is 1. The molecule has 0 aromatic heterocycles. The molecular formula is C20H23BrN4O2. The second kappa shape index (κ2) is 9.64. The molecule has 27 heavy (non-hydrogen) atoms. The molecule has 0 unspecified atom stereocenters. The van der Waals surface area contributed by atoms with Gasteiger partial charge in [0.15, 0.2) is 0 Å². The van der Waals surface area contributed by atoms with Crippen molar-refractivity contribution in [3.8, 4) is 0 Å². The summed E-state index contributed by atoms with van der Waals surface area (Å²) >= 11 is 3.38. The molecule has 0 saturated carbocycles. The second-order valence-electron chi connectivity index (χ2n) is 6.33. The van der Waals surface area contributed by atoms with Crippen molar-refractivity contribution < 1.29 is 9.59 Å². The normalized spacial score (nSPS) is 14.6. The van der Waals surface area contributed by atoms with Crippen LogP contribution in [-0.4, -0.2) is 56.0 Å². The molecule has 3 rings (SSSR count). The lowest BCUT2D eigenvalue weighted by molar-refractivity contribution is 0.0948. The number of amides is 2. The van der Waals surface area contributed by atoms with Crippen LogP contribution < -0.4 is 16.0 Å². The van der Waals surface area contributed by atoms with E-state index in [9.17, 15) is 9.59 Å².